The van der Waals surface area contributed by atoms with E-state index < -0.39 is 0 Å². The molecule has 1 N–H and O–H groups in total. The summed E-state index contributed by atoms with van der Waals surface area (Å²) in [6.45, 7) is 7.10. The Bertz CT molecular complexity index is 461. The van der Waals surface area contributed by atoms with E-state index >= 15 is 0 Å². The maximum Gasteiger partial charge on any atom is 0.226 e. The summed E-state index contributed by atoms with van der Waals surface area (Å²) in [5, 5.41) is 3.47. The summed E-state index contributed by atoms with van der Waals surface area (Å²) in [5.74, 6) is 1.39. The Hall–Kier alpha value is -1.36. The zero-order chi connectivity index (χ0) is 13.9. The van der Waals surface area contributed by atoms with Crippen LogP contribution >= 0.6 is 0 Å². The van der Waals surface area contributed by atoms with E-state index in [4.69, 9.17) is 4.74 Å². The first-order chi connectivity index (χ1) is 9.74. The number of aryl methyl sites for hydroxylation is 1. The number of ether oxygens (including phenoxy) is 1. The van der Waals surface area contributed by atoms with Crippen LogP contribution in [0.2, 0.25) is 0 Å². The fourth-order valence-corrected chi connectivity index (χ4v) is 2.74. The molecular weight excluding hydrogens is 252 g/mol. The van der Waals surface area contributed by atoms with E-state index in [9.17, 15) is 0 Å². The number of hydrogen-bond acceptors (Lipinski definition) is 5. The molecule has 1 aliphatic carbocycles. The average molecular weight is 276 g/mol. The highest BCUT2D eigenvalue weighted by Crippen LogP contribution is 2.30. The van der Waals surface area contributed by atoms with Crippen LogP contribution in [0.3, 0.4) is 0 Å². The molecule has 2 fully saturated rings. The molecule has 1 aliphatic heterocycles. The lowest BCUT2D eigenvalue weighted by atomic mass is 10.3. The van der Waals surface area contributed by atoms with Gasteiger partial charge in [-0.1, -0.05) is 6.92 Å². The van der Waals surface area contributed by atoms with Gasteiger partial charge in [-0.05, 0) is 32.6 Å². The number of hydrogen-bond donors (Lipinski definition) is 1. The third-order valence-corrected chi connectivity index (χ3v) is 3.90. The smallest absolute Gasteiger partial charge is 0.226 e. The molecule has 3 rings (SSSR count). The molecule has 1 aromatic heterocycles. The van der Waals surface area contributed by atoms with E-state index in [1.807, 2.05) is 13.0 Å². The maximum absolute atomic E-state index is 5.61. The minimum Gasteiger partial charge on any atom is -0.478 e. The Morgan fingerprint density at radius 2 is 2.20 bits per heavy atom. The SMILES string of the molecule is CCCOc1cc(C)nc(NC2CCN(C3CC3)C2)n1. The lowest BCUT2D eigenvalue weighted by Crippen LogP contribution is -2.28. The van der Waals surface area contributed by atoms with Gasteiger partial charge in [0.1, 0.15) is 0 Å². The molecule has 0 aromatic carbocycles. The molecule has 5 nitrogen and oxygen atoms in total. The molecule has 5 heteroatoms. The summed E-state index contributed by atoms with van der Waals surface area (Å²) < 4.78 is 5.61. The van der Waals surface area contributed by atoms with Gasteiger partial charge >= 0.3 is 0 Å². The number of anilines is 1. The Morgan fingerprint density at radius 3 is 2.95 bits per heavy atom. The van der Waals surface area contributed by atoms with E-state index in [-0.39, 0.29) is 0 Å². The van der Waals surface area contributed by atoms with Crippen molar-refractivity contribution < 1.29 is 4.74 Å². The second-order valence-corrected chi connectivity index (χ2v) is 5.88. The normalized spacial score (nSPS) is 23.0. The molecule has 1 saturated carbocycles. The molecule has 2 aliphatic rings. The molecule has 20 heavy (non-hydrogen) atoms. The van der Waals surface area contributed by atoms with Crippen LogP contribution in [0.25, 0.3) is 0 Å². The highest BCUT2D eigenvalue weighted by atomic mass is 16.5. The van der Waals surface area contributed by atoms with Crippen molar-refractivity contribution in [1.82, 2.24) is 14.9 Å². The van der Waals surface area contributed by atoms with Gasteiger partial charge in [0.15, 0.2) is 0 Å². The second-order valence-electron chi connectivity index (χ2n) is 5.88. The van der Waals surface area contributed by atoms with Crippen LogP contribution in [0, 0.1) is 6.92 Å². The molecule has 1 unspecified atom stereocenters. The summed E-state index contributed by atoms with van der Waals surface area (Å²) in [4.78, 5) is 11.5. The Balaban J connectivity index is 1.60. The molecule has 1 atom stereocenters. The van der Waals surface area contributed by atoms with Crippen molar-refractivity contribution in [3.05, 3.63) is 11.8 Å². The predicted octanol–water partition coefficient (Wildman–Crippen LogP) is 2.22. The quantitative estimate of drug-likeness (QED) is 0.863. The zero-order valence-electron chi connectivity index (χ0n) is 12.4. The van der Waals surface area contributed by atoms with Gasteiger partial charge in [-0.25, -0.2) is 4.98 Å². The third-order valence-electron chi connectivity index (χ3n) is 3.90. The summed E-state index contributed by atoms with van der Waals surface area (Å²) in [6, 6.07) is 3.21. The first-order valence-corrected chi connectivity index (χ1v) is 7.73. The standard InChI is InChI=1S/C15H24N4O/c1-3-8-20-14-9-11(2)16-15(18-14)17-12-6-7-19(10-12)13-4-5-13/h9,12-13H,3-8,10H2,1-2H3,(H,16,17,18). The van der Waals surface area contributed by atoms with E-state index in [1.165, 1.54) is 25.8 Å². The molecule has 2 heterocycles. The van der Waals surface area contributed by atoms with Crippen LogP contribution in [0.4, 0.5) is 5.95 Å². The van der Waals surface area contributed by atoms with Crippen molar-refractivity contribution in [3.63, 3.8) is 0 Å². The van der Waals surface area contributed by atoms with E-state index in [0.717, 1.165) is 24.7 Å². The fourth-order valence-electron chi connectivity index (χ4n) is 2.74. The first-order valence-electron chi connectivity index (χ1n) is 7.73. The van der Waals surface area contributed by atoms with Crippen LogP contribution in [0.15, 0.2) is 6.07 Å². The predicted molar refractivity (Wildman–Crippen MR) is 79.2 cm³/mol. The van der Waals surface area contributed by atoms with E-state index in [1.54, 1.807) is 0 Å². The van der Waals surface area contributed by atoms with E-state index in [0.29, 0.717) is 24.5 Å². The Labute approximate surface area is 120 Å². The summed E-state index contributed by atoms with van der Waals surface area (Å²) in [6.07, 6.45) is 4.93. The highest BCUT2D eigenvalue weighted by Gasteiger charge is 2.34. The topological polar surface area (TPSA) is 50.3 Å². The second kappa shape index (κ2) is 5.95. The van der Waals surface area contributed by atoms with Crippen LogP contribution in [-0.4, -0.2) is 46.6 Å². The van der Waals surface area contributed by atoms with Gasteiger partial charge in [0.25, 0.3) is 0 Å². The lowest BCUT2D eigenvalue weighted by molar-refractivity contribution is 0.304. The average Bonchev–Trinajstić information content (AvgIpc) is 3.17. The van der Waals surface area contributed by atoms with Crippen LogP contribution in [0.5, 0.6) is 5.88 Å². The van der Waals surface area contributed by atoms with Gasteiger partial charge in [-0.3, -0.25) is 4.90 Å². The number of rotatable bonds is 6. The fraction of sp³-hybridized carbons (Fsp3) is 0.733. The van der Waals surface area contributed by atoms with Crippen molar-refractivity contribution in [2.45, 2.75) is 51.6 Å². The largest absolute Gasteiger partial charge is 0.478 e. The Kier molecular flexibility index (Phi) is 4.05. The van der Waals surface area contributed by atoms with E-state index in [2.05, 4.69) is 27.1 Å². The van der Waals surface area contributed by atoms with Gasteiger partial charge < -0.3 is 10.1 Å². The van der Waals surface area contributed by atoms with Crippen molar-refractivity contribution in [2.24, 2.45) is 0 Å². The van der Waals surface area contributed by atoms with Crippen LogP contribution in [-0.2, 0) is 0 Å². The van der Waals surface area contributed by atoms with Gasteiger partial charge in [0.2, 0.25) is 11.8 Å². The summed E-state index contributed by atoms with van der Waals surface area (Å²) >= 11 is 0. The number of nitrogens with one attached hydrogen (secondary N) is 1. The monoisotopic (exact) mass is 276 g/mol. The molecule has 0 bridgehead atoms. The highest BCUT2D eigenvalue weighted by molar-refractivity contribution is 5.32. The van der Waals surface area contributed by atoms with Gasteiger partial charge in [0, 0.05) is 36.9 Å². The number of aromatic nitrogens is 2. The maximum atomic E-state index is 5.61. The van der Waals surface area contributed by atoms with Crippen molar-refractivity contribution in [3.8, 4) is 5.88 Å². The molecule has 0 radical (unpaired) electrons. The Morgan fingerprint density at radius 1 is 1.35 bits per heavy atom. The van der Waals surface area contributed by atoms with Gasteiger partial charge in [-0.2, -0.15) is 4.98 Å². The van der Waals surface area contributed by atoms with Crippen molar-refractivity contribution in [2.75, 3.05) is 25.0 Å². The molecule has 0 amide bonds. The molecule has 0 spiro atoms. The minimum atomic E-state index is 0.469. The third kappa shape index (κ3) is 3.39. The molecule has 1 saturated heterocycles. The van der Waals surface area contributed by atoms with Crippen molar-refractivity contribution >= 4 is 5.95 Å². The van der Waals surface area contributed by atoms with Gasteiger partial charge in [-0.15, -0.1) is 0 Å². The van der Waals surface area contributed by atoms with Crippen LogP contribution < -0.4 is 10.1 Å². The van der Waals surface area contributed by atoms with Crippen molar-refractivity contribution in [1.29, 1.82) is 0 Å². The zero-order valence-corrected chi connectivity index (χ0v) is 12.4. The first kappa shape index (κ1) is 13.6. The molecule has 110 valence electrons. The number of nitrogens with zero attached hydrogens (tertiary/aromatic N) is 3. The number of likely N-dealkylation sites (tertiary alicyclic amines) is 1. The minimum absolute atomic E-state index is 0.469. The molecule has 1 aromatic rings. The van der Waals surface area contributed by atoms with Gasteiger partial charge in [0.05, 0.1) is 6.61 Å². The molecular formula is C15H24N4O. The summed E-state index contributed by atoms with van der Waals surface area (Å²) in [5.41, 5.74) is 0.950. The van der Waals surface area contributed by atoms with Crippen LogP contribution in [0.1, 0.15) is 38.3 Å². The lowest BCUT2D eigenvalue weighted by Gasteiger charge is -2.16. The summed E-state index contributed by atoms with van der Waals surface area (Å²) in [7, 11) is 0.